The van der Waals surface area contributed by atoms with Crippen LogP contribution in [0, 0.1) is 0 Å². The van der Waals surface area contributed by atoms with Crippen LogP contribution in [0.5, 0.6) is 0 Å². The number of thiophene rings is 1. The van der Waals surface area contributed by atoms with Gasteiger partial charge in [0.05, 0.1) is 17.0 Å². The highest BCUT2D eigenvalue weighted by molar-refractivity contribution is 7.16. The summed E-state index contributed by atoms with van der Waals surface area (Å²) in [4.78, 5) is 12.6. The lowest BCUT2D eigenvalue weighted by Gasteiger charge is -2.12. The first kappa shape index (κ1) is 14.8. The molecule has 1 aromatic heterocycles. The van der Waals surface area contributed by atoms with Gasteiger partial charge in [-0.25, -0.2) is 4.79 Å². The van der Waals surface area contributed by atoms with E-state index in [2.05, 4.69) is 10.6 Å². The van der Waals surface area contributed by atoms with Crippen LogP contribution in [-0.2, 0) is 6.54 Å². The zero-order valence-electron chi connectivity index (χ0n) is 10.7. The number of amides is 2. The molecule has 6 heteroatoms. The predicted molar refractivity (Wildman–Crippen MR) is 81.0 cm³/mol. The minimum absolute atomic E-state index is 0.168. The smallest absolute Gasteiger partial charge is 0.315 e. The molecule has 1 unspecified atom stereocenters. The summed E-state index contributed by atoms with van der Waals surface area (Å²) in [6.45, 7) is 0.589. The molecule has 106 valence electrons. The number of halogens is 1. The van der Waals surface area contributed by atoms with Crippen molar-refractivity contribution in [1.29, 1.82) is 0 Å². The SMILES string of the molecule is O=C(NCc1ccc(Cl)s1)NCC(O)c1ccccc1. The molecule has 0 aliphatic carbocycles. The molecule has 0 bridgehead atoms. The van der Waals surface area contributed by atoms with Crippen LogP contribution in [0.1, 0.15) is 16.5 Å². The second kappa shape index (κ2) is 7.28. The first-order valence-corrected chi connectivity index (χ1v) is 7.33. The fourth-order valence-corrected chi connectivity index (χ4v) is 2.69. The zero-order chi connectivity index (χ0) is 14.4. The number of nitrogens with one attached hydrogen (secondary N) is 2. The largest absolute Gasteiger partial charge is 0.387 e. The molecule has 1 heterocycles. The van der Waals surface area contributed by atoms with E-state index in [1.165, 1.54) is 11.3 Å². The molecular weight excluding hydrogens is 296 g/mol. The van der Waals surface area contributed by atoms with Crippen molar-refractivity contribution in [2.45, 2.75) is 12.6 Å². The van der Waals surface area contributed by atoms with Gasteiger partial charge in [-0.1, -0.05) is 41.9 Å². The van der Waals surface area contributed by atoms with Crippen molar-refractivity contribution in [2.75, 3.05) is 6.54 Å². The van der Waals surface area contributed by atoms with Crippen molar-refractivity contribution in [3.05, 3.63) is 57.2 Å². The van der Waals surface area contributed by atoms with Crippen LogP contribution in [0.2, 0.25) is 4.34 Å². The summed E-state index contributed by atoms with van der Waals surface area (Å²) < 4.78 is 0.696. The number of rotatable bonds is 5. The first-order valence-electron chi connectivity index (χ1n) is 6.14. The lowest BCUT2D eigenvalue weighted by molar-refractivity contribution is 0.173. The third kappa shape index (κ3) is 4.52. The fraction of sp³-hybridized carbons (Fsp3) is 0.214. The van der Waals surface area contributed by atoms with Gasteiger partial charge in [-0.2, -0.15) is 0 Å². The summed E-state index contributed by atoms with van der Waals surface area (Å²) in [6, 6.07) is 12.5. The number of aliphatic hydroxyl groups excluding tert-OH is 1. The van der Waals surface area contributed by atoms with E-state index in [1.54, 1.807) is 6.07 Å². The average molecular weight is 311 g/mol. The van der Waals surface area contributed by atoms with Gasteiger partial charge < -0.3 is 15.7 Å². The van der Waals surface area contributed by atoms with E-state index < -0.39 is 6.10 Å². The van der Waals surface area contributed by atoms with Crippen LogP contribution in [0.15, 0.2) is 42.5 Å². The molecule has 0 saturated carbocycles. The standard InChI is InChI=1S/C14H15ClN2O2S/c15-13-7-6-11(20-13)8-16-14(19)17-9-12(18)10-4-2-1-3-5-10/h1-7,12,18H,8-9H2,(H2,16,17,19). The second-order valence-electron chi connectivity index (χ2n) is 4.20. The molecule has 0 aliphatic heterocycles. The van der Waals surface area contributed by atoms with Crippen LogP contribution >= 0.6 is 22.9 Å². The lowest BCUT2D eigenvalue weighted by atomic mass is 10.1. The van der Waals surface area contributed by atoms with E-state index in [0.29, 0.717) is 10.9 Å². The Morgan fingerprint density at radius 1 is 1.20 bits per heavy atom. The molecular formula is C14H15ClN2O2S. The molecule has 20 heavy (non-hydrogen) atoms. The summed E-state index contributed by atoms with van der Waals surface area (Å²) in [6.07, 6.45) is -0.710. The van der Waals surface area contributed by atoms with Crippen LogP contribution in [0.3, 0.4) is 0 Å². The number of carbonyl (C=O) groups excluding carboxylic acids is 1. The Morgan fingerprint density at radius 2 is 1.95 bits per heavy atom. The monoisotopic (exact) mass is 310 g/mol. The molecule has 0 radical (unpaired) electrons. The van der Waals surface area contributed by atoms with Crippen molar-refractivity contribution in [3.63, 3.8) is 0 Å². The molecule has 2 aromatic rings. The van der Waals surface area contributed by atoms with E-state index in [-0.39, 0.29) is 12.6 Å². The van der Waals surface area contributed by atoms with E-state index in [0.717, 1.165) is 10.4 Å². The Balaban J connectivity index is 1.72. The zero-order valence-corrected chi connectivity index (χ0v) is 12.2. The van der Waals surface area contributed by atoms with Gasteiger partial charge in [0.25, 0.3) is 0 Å². The van der Waals surface area contributed by atoms with Crippen LogP contribution < -0.4 is 10.6 Å². The number of benzene rings is 1. The number of urea groups is 1. The van der Waals surface area contributed by atoms with Crippen molar-refractivity contribution >= 4 is 29.0 Å². The summed E-state index contributed by atoms with van der Waals surface area (Å²) in [5.41, 5.74) is 0.776. The predicted octanol–water partition coefficient (Wildman–Crippen LogP) is 2.93. The van der Waals surface area contributed by atoms with Gasteiger partial charge >= 0.3 is 6.03 Å². The van der Waals surface area contributed by atoms with Crippen molar-refractivity contribution < 1.29 is 9.90 Å². The number of aliphatic hydroxyl groups is 1. The maximum Gasteiger partial charge on any atom is 0.315 e. The van der Waals surface area contributed by atoms with E-state index >= 15 is 0 Å². The number of carbonyl (C=O) groups is 1. The van der Waals surface area contributed by atoms with Gasteiger partial charge in [0.15, 0.2) is 0 Å². The Hall–Kier alpha value is -1.56. The molecule has 1 aromatic carbocycles. The Morgan fingerprint density at radius 3 is 2.60 bits per heavy atom. The molecule has 4 nitrogen and oxygen atoms in total. The van der Waals surface area contributed by atoms with Crippen LogP contribution in [-0.4, -0.2) is 17.7 Å². The van der Waals surface area contributed by atoms with Gasteiger partial charge in [-0.3, -0.25) is 0 Å². The normalized spacial score (nSPS) is 11.9. The summed E-state index contributed by atoms with van der Waals surface area (Å²) >= 11 is 7.23. The van der Waals surface area contributed by atoms with E-state index in [9.17, 15) is 9.90 Å². The third-order valence-electron chi connectivity index (χ3n) is 2.69. The summed E-state index contributed by atoms with van der Waals surface area (Å²) in [5.74, 6) is 0. The van der Waals surface area contributed by atoms with Crippen LogP contribution in [0.4, 0.5) is 4.79 Å². The minimum Gasteiger partial charge on any atom is -0.387 e. The second-order valence-corrected chi connectivity index (χ2v) is 6.00. The van der Waals surface area contributed by atoms with Crippen molar-refractivity contribution in [1.82, 2.24) is 10.6 Å². The van der Waals surface area contributed by atoms with Gasteiger partial charge in [0.1, 0.15) is 0 Å². The molecule has 2 rings (SSSR count). The third-order valence-corrected chi connectivity index (χ3v) is 3.92. The van der Waals surface area contributed by atoms with E-state index in [1.807, 2.05) is 36.4 Å². The Bertz CT molecular complexity index is 559. The maximum absolute atomic E-state index is 11.6. The summed E-state index contributed by atoms with van der Waals surface area (Å²) in [7, 11) is 0. The molecule has 0 aliphatic rings. The summed E-state index contributed by atoms with van der Waals surface area (Å²) in [5, 5.41) is 15.2. The van der Waals surface area contributed by atoms with E-state index in [4.69, 9.17) is 11.6 Å². The maximum atomic E-state index is 11.6. The Kier molecular flexibility index (Phi) is 5.40. The van der Waals surface area contributed by atoms with Gasteiger partial charge in [-0.05, 0) is 17.7 Å². The fourth-order valence-electron chi connectivity index (χ4n) is 1.66. The molecule has 2 amide bonds. The molecule has 0 fully saturated rings. The van der Waals surface area contributed by atoms with Crippen molar-refractivity contribution in [2.24, 2.45) is 0 Å². The number of hydrogen-bond acceptors (Lipinski definition) is 3. The minimum atomic E-state index is -0.710. The molecule has 0 saturated heterocycles. The Labute approximate surface area is 126 Å². The molecule has 3 N–H and O–H groups in total. The number of hydrogen-bond donors (Lipinski definition) is 3. The van der Waals surface area contributed by atoms with Gasteiger partial charge in [-0.15, -0.1) is 11.3 Å². The van der Waals surface area contributed by atoms with Crippen molar-refractivity contribution in [3.8, 4) is 0 Å². The van der Waals surface area contributed by atoms with Gasteiger partial charge in [0, 0.05) is 11.4 Å². The highest BCUT2D eigenvalue weighted by Gasteiger charge is 2.08. The molecule has 0 spiro atoms. The average Bonchev–Trinajstić information content (AvgIpc) is 2.89. The topological polar surface area (TPSA) is 61.4 Å². The first-order chi connectivity index (χ1) is 9.65. The van der Waals surface area contributed by atoms with Gasteiger partial charge in [0.2, 0.25) is 0 Å². The highest BCUT2D eigenvalue weighted by atomic mass is 35.5. The highest BCUT2D eigenvalue weighted by Crippen LogP contribution is 2.20. The molecule has 1 atom stereocenters. The van der Waals surface area contributed by atoms with Crippen LogP contribution in [0.25, 0.3) is 0 Å². The quantitative estimate of drug-likeness (QED) is 0.795. The lowest BCUT2D eigenvalue weighted by Crippen LogP contribution is -2.37.